The van der Waals surface area contributed by atoms with Crippen LogP contribution in [0.4, 0.5) is 4.79 Å². The Labute approximate surface area is 148 Å². The highest BCUT2D eigenvalue weighted by Crippen LogP contribution is 2.26. The highest BCUT2D eigenvalue weighted by Gasteiger charge is 2.25. The van der Waals surface area contributed by atoms with Gasteiger partial charge in [-0.15, -0.1) is 0 Å². The molecule has 0 bridgehead atoms. The molecule has 0 saturated carbocycles. The van der Waals surface area contributed by atoms with Gasteiger partial charge in [0.1, 0.15) is 5.75 Å². The highest BCUT2D eigenvalue weighted by atomic mass is 32.2. The van der Waals surface area contributed by atoms with Crippen LogP contribution in [0.15, 0.2) is 24.3 Å². The molecule has 0 spiro atoms. The van der Waals surface area contributed by atoms with E-state index in [1.807, 2.05) is 28.8 Å². The van der Waals surface area contributed by atoms with Gasteiger partial charge in [-0.05, 0) is 43.6 Å². The molecule has 2 amide bonds. The van der Waals surface area contributed by atoms with Crippen LogP contribution in [-0.2, 0) is 0 Å². The van der Waals surface area contributed by atoms with Gasteiger partial charge in [0.2, 0.25) is 0 Å². The molecule has 0 aromatic heterocycles. The number of carbonyl (C=O) groups excluding carboxylic acids is 1. The van der Waals surface area contributed by atoms with E-state index in [4.69, 9.17) is 4.74 Å². The summed E-state index contributed by atoms with van der Waals surface area (Å²) in [6.45, 7) is 4.58. The minimum absolute atomic E-state index is 0.0769. The maximum Gasteiger partial charge on any atom is 0.317 e. The number of rotatable bonds is 5. The summed E-state index contributed by atoms with van der Waals surface area (Å²) in [6.07, 6.45) is 2.48. The first-order valence-electron chi connectivity index (χ1n) is 8.76. The predicted octanol–water partition coefficient (Wildman–Crippen LogP) is 2.59. The molecule has 132 valence electrons. The minimum Gasteiger partial charge on any atom is -0.497 e. The fourth-order valence-corrected chi connectivity index (χ4v) is 4.30. The van der Waals surface area contributed by atoms with Gasteiger partial charge in [0.05, 0.1) is 13.2 Å². The Kier molecular flexibility index (Phi) is 6.26. The largest absolute Gasteiger partial charge is 0.497 e. The van der Waals surface area contributed by atoms with Gasteiger partial charge < -0.3 is 15.0 Å². The summed E-state index contributed by atoms with van der Waals surface area (Å²) < 4.78 is 5.26. The van der Waals surface area contributed by atoms with Gasteiger partial charge in [0, 0.05) is 31.1 Å². The van der Waals surface area contributed by atoms with Crippen LogP contribution >= 0.6 is 11.8 Å². The standard InChI is InChI=1S/C18H27N3O2S/c1-23-16-6-4-15(5-7-16)17(20-8-2-3-9-20)14-19-18(22)21-10-12-24-13-11-21/h4-7,17H,2-3,8-14H2,1H3,(H,19,22). The Bertz CT molecular complexity index is 526. The van der Waals surface area contributed by atoms with Crippen LogP contribution in [0.5, 0.6) is 5.75 Å². The topological polar surface area (TPSA) is 44.8 Å². The zero-order valence-corrected chi connectivity index (χ0v) is 15.2. The number of nitrogens with zero attached hydrogens (tertiary/aromatic N) is 2. The summed E-state index contributed by atoms with van der Waals surface area (Å²) in [6, 6.07) is 8.55. The Morgan fingerprint density at radius 1 is 1.17 bits per heavy atom. The molecule has 2 fully saturated rings. The van der Waals surface area contributed by atoms with Crippen molar-refractivity contribution in [3.05, 3.63) is 29.8 Å². The summed E-state index contributed by atoms with van der Waals surface area (Å²) in [5.74, 6) is 2.96. The second kappa shape index (κ2) is 8.62. The molecule has 3 rings (SSSR count). The number of carbonyl (C=O) groups is 1. The first-order chi connectivity index (χ1) is 11.8. The maximum atomic E-state index is 12.4. The van der Waals surface area contributed by atoms with Crippen molar-refractivity contribution < 1.29 is 9.53 Å². The van der Waals surface area contributed by atoms with Gasteiger partial charge in [-0.2, -0.15) is 11.8 Å². The number of hydrogen-bond acceptors (Lipinski definition) is 4. The molecular formula is C18H27N3O2S. The van der Waals surface area contributed by atoms with Crippen LogP contribution in [0.2, 0.25) is 0 Å². The number of urea groups is 1. The van der Waals surface area contributed by atoms with Crippen molar-refractivity contribution in [3.8, 4) is 5.75 Å². The lowest BCUT2D eigenvalue weighted by atomic mass is 10.1. The van der Waals surface area contributed by atoms with Crippen molar-refractivity contribution >= 4 is 17.8 Å². The minimum atomic E-state index is 0.0769. The quantitative estimate of drug-likeness (QED) is 0.887. The Hall–Kier alpha value is -1.40. The Balaban J connectivity index is 1.64. The Morgan fingerprint density at radius 3 is 2.46 bits per heavy atom. The molecule has 1 aromatic rings. The number of hydrogen-bond donors (Lipinski definition) is 1. The van der Waals surface area contributed by atoms with Crippen LogP contribution in [0.25, 0.3) is 0 Å². The molecule has 5 nitrogen and oxygen atoms in total. The molecule has 1 unspecified atom stereocenters. The molecule has 1 aromatic carbocycles. The van der Waals surface area contributed by atoms with Gasteiger partial charge in [-0.1, -0.05) is 12.1 Å². The second-order valence-electron chi connectivity index (χ2n) is 6.32. The lowest BCUT2D eigenvalue weighted by Crippen LogP contribution is -2.46. The number of amides is 2. The summed E-state index contributed by atoms with van der Waals surface area (Å²) in [5.41, 5.74) is 1.24. The highest BCUT2D eigenvalue weighted by molar-refractivity contribution is 7.99. The lowest BCUT2D eigenvalue weighted by Gasteiger charge is -2.31. The molecule has 2 saturated heterocycles. The van der Waals surface area contributed by atoms with Crippen LogP contribution in [0.3, 0.4) is 0 Å². The van der Waals surface area contributed by atoms with Gasteiger partial charge in [0.25, 0.3) is 0 Å². The lowest BCUT2D eigenvalue weighted by molar-refractivity contribution is 0.192. The van der Waals surface area contributed by atoms with E-state index >= 15 is 0 Å². The summed E-state index contributed by atoms with van der Waals surface area (Å²) in [7, 11) is 1.68. The van der Waals surface area contributed by atoms with E-state index in [0.717, 1.165) is 43.4 Å². The molecule has 2 heterocycles. The average molecular weight is 350 g/mol. The summed E-state index contributed by atoms with van der Waals surface area (Å²) in [5, 5.41) is 3.16. The van der Waals surface area contributed by atoms with Gasteiger partial charge in [0.15, 0.2) is 0 Å². The molecule has 6 heteroatoms. The summed E-state index contributed by atoms with van der Waals surface area (Å²) in [4.78, 5) is 16.8. The monoisotopic (exact) mass is 349 g/mol. The van der Waals surface area contributed by atoms with Crippen molar-refractivity contribution in [2.45, 2.75) is 18.9 Å². The maximum absolute atomic E-state index is 12.4. The smallest absolute Gasteiger partial charge is 0.317 e. The van der Waals surface area contributed by atoms with Crippen LogP contribution in [0, 0.1) is 0 Å². The molecule has 2 aliphatic rings. The molecular weight excluding hydrogens is 322 g/mol. The molecule has 24 heavy (non-hydrogen) atoms. The van der Waals surface area contributed by atoms with E-state index in [1.165, 1.54) is 18.4 Å². The average Bonchev–Trinajstić information content (AvgIpc) is 3.17. The van der Waals surface area contributed by atoms with Crippen LogP contribution < -0.4 is 10.1 Å². The molecule has 1 atom stereocenters. The number of nitrogens with one attached hydrogen (secondary N) is 1. The molecule has 0 radical (unpaired) electrons. The number of likely N-dealkylation sites (tertiary alicyclic amines) is 1. The zero-order valence-electron chi connectivity index (χ0n) is 14.4. The van der Waals surface area contributed by atoms with E-state index in [2.05, 4.69) is 22.3 Å². The van der Waals surface area contributed by atoms with Crippen molar-refractivity contribution in [3.63, 3.8) is 0 Å². The Morgan fingerprint density at radius 2 is 1.83 bits per heavy atom. The van der Waals surface area contributed by atoms with Crippen LogP contribution in [-0.4, -0.2) is 67.2 Å². The van der Waals surface area contributed by atoms with Gasteiger partial charge in [-0.25, -0.2) is 4.79 Å². The normalized spacial score (nSPS) is 20.0. The number of benzene rings is 1. The third-order valence-electron chi connectivity index (χ3n) is 4.83. The van der Waals surface area contributed by atoms with E-state index in [0.29, 0.717) is 6.54 Å². The van der Waals surface area contributed by atoms with Gasteiger partial charge in [-0.3, -0.25) is 4.90 Å². The van der Waals surface area contributed by atoms with Crippen LogP contribution in [0.1, 0.15) is 24.4 Å². The predicted molar refractivity (Wildman–Crippen MR) is 98.8 cm³/mol. The number of ether oxygens (including phenoxy) is 1. The first-order valence-corrected chi connectivity index (χ1v) is 9.92. The van der Waals surface area contributed by atoms with E-state index < -0.39 is 0 Å². The molecule has 1 N–H and O–H groups in total. The van der Waals surface area contributed by atoms with E-state index in [9.17, 15) is 4.79 Å². The fraction of sp³-hybridized carbons (Fsp3) is 0.611. The van der Waals surface area contributed by atoms with E-state index in [1.54, 1.807) is 7.11 Å². The molecule has 2 aliphatic heterocycles. The molecule has 0 aliphatic carbocycles. The van der Waals surface area contributed by atoms with Crippen molar-refractivity contribution in [2.75, 3.05) is 51.3 Å². The van der Waals surface area contributed by atoms with Crippen molar-refractivity contribution in [2.24, 2.45) is 0 Å². The van der Waals surface area contributed by atoms with Crippen molar-refractivity contribution in [1.82, 2.24) is 15.1 Å². The SMILES string of the molecule is COc1ccc(C(CNC(=O)N2CCSCC2)N2CCCC2)cc1. The van der Waals surface area contributed by atoms with Crippen molar-refractivity contribution in [1.29, 1.82) is 0 Å². The van der Waals surface area contributed by atoms with E-state index in [-0.39, 0.29) is 12.1 Å². The van der Waals surface area contributed by atoms with Gasteiger partial charge >= 0.3 is 6.03 Å². The summed E-state index contributed by atoms with van der Waals surface area (Å²) >= 11 is 1.92. The zero-order chi connectivity index (χ0) is 16.8. The first kappa shape index (κ1) is 17.4. The second-order valence-corrected chi connectivity index (χ2v) is 7.54. The fourth-order valence-electron chi connectivity index (χ4n) is 3.40. The third kappa shape index (κ3) is 4.36. The number of thioether (sulfide) groups is 1. The third-order valence-corrected chi connectivity index (χ3v) is 5.77. The number of methoxy groups -OCH3 is 1.